The average molecular weight is 447 g/mol. The summed E-state index contributed by atoms with van der Waals surface area (Å²) in [5.41, 5.74) is 6.85. The van der Waals surface area contributed by atoms with E-state index in [1.54, 1.807) is 12.1 Å². The molecule has 2 aromatic carbocycles. The fourth-order valence-corrected chi connectivity index (χ4v) is 3.58. The third-order valence-corrected chi connectivity index (χ3v) is 5.30. The third kappa shape index (κ3) is 4.30. The molecule has 3 N–H and O–H groups in total. The largest absolute Gasteiger partial charge is 0.370 e. The van der Waals surface area contributed by atoms with Crippen LogP contribution < -0.4 is 16.0 Å². The molecule has 0 radical (unpaired) electrons. The summed E-state index contributed by atoms with van der Waals surface area (Å²) in [5, 5.41) is 13.9. The second-order valence-corrected chi connectivity index (χ2v) is 7.38. The molecule has 0 unspecified atom stereocenters. The number of nitrogens with zero attached hydrogens (tertiary/aromatic N) is 2. The smallest absolute Gasteiger partial charge is 0.284 e. The molecule has 9 heteroatoms. The van der Waals surface area contributed by atoms with Gasteiger partial charge in [0.2, 0.25) is 5.91 Å². The lowest BCUT2D eigenvalue weighted by atomic mass is 10.1. The maximum atomic E-state index is 12.7. The van der Waals surface area contributed by atoms with Gasteiger partial charge in [0.05, 0.1) is 20.8 Å². The van der Waals surface area contributed by atoms with E-state index in [2.05, 4.69) is 26.1 Å². The van der Waals surface area contributed by atoms with Crippen LogP contribution in [0, 0.1) is 10.1 Å². The number of benzene rings is 2. The highest BCUT2D eigenvalue weighted by Crippen LogP contribution is 2.31. The molecule has 0 bridgehead atoms. The number of amides is 2. The van der Waals surface area contributed by atoms with E-state index in [0.29, 0.717) is 10.2 Å². The van der Waals surface area contributed by atoms with Crippen LogP contribution in [-0.2, 0) is 0 Å². The Labute approximate surface area is 170 Å². The number of anilines is 2. The van der Waals surface area contributed by atoms with Crippen LogP contribution in [0.5, 0.6) is 0 Å². The Hall–Kier alpha value is -2.94. The van der Waals surface area contributed by atoms with Crippen molar-refractivity contribution in [3.63, 3.8) is 0 Å². The monoisotopic (exact) mass is 446 g/mol. The van der Waals surface area contributed by atoms with Crippen LogP contribution >= 0.6 is 15.9 Å². The molecule has 1 fully saturated rings. The average Bonchev–Trinajstić information content (AvgIpc) is 2.68. The Morgan fingerprint density at radius 1 is 1.07 bits per heavy atom. The molecule has 28 heavy (non-hydrogen) atoms. The Bertz CT molecular complexity index is 942. The predicted molar refractivity (Wildman–Crippen MR) is 110 cm³/mol. The lowest BCUT2D eigenvalue weighted by molar-refractivity contribution is -0.385. The molecule has 2 aromatic rings. The Kier molecular flexibility index (Phi) is 5.93. The van der Waals surface area contributed by atoms with Crippen LogP contribution in [0.4, 0.5) is 17.1 Å². The van der Waals surface area contributed by atoms with Gasteiger partial charge in [-0.15, -0.1) is 0 Å². The minimum absolute atomic E-state index is 0.143. The zero-order valence-electron chi connectivity index (χ0n) is 15.0. The third-order valence-electron chi connectivity index (χ3n) is 4.63. The minimum Gasteiger partial charge on any atom is -0.370 e. The summed E-state index contributed by atoms with van der Waals surface area (Å²) in [4.78, 5) is 37.0. The number of carbonyl (C=O) groups is 2. The van der Waals surface area contributed by atoms with E-state index in [4.69, 9.17) is 5.73 Å². The van der Waals surface area contributed by atoms with Gasteiger partial charge in [-0.1, -0.05) is 0 Å². The molecule has 1 saturated heterocycles. The molecule has 0 aliphatic carbocycles. The lowest BCUT2D eigenvalue weighted by Crippen LogP contribution is -2.30. The molecular weight excluding hydrogens is 428 g/mol. The highest BCUT2D eigenvalue weighted by Gasteiger charge is 2.20. The Balaban J connectivity index is 1.94. The molecule has 0 atom stereocenters. The fraction of sp³-hybridized carbons (Fsp3) is 0.263. The zero-order chi connectivity index (χ0) is 20.3. The number of hydrogen-bond donors (Lipinski definition) is 2. The van der Waals surface area contributed by atoms with Crippen molar-refractivity contribution < 1.29 is 14.5 Å². The molecule has 2 amide bonds. The van der Waals surface area contributed by atoms with Crippen molar-refractivity contribution >= 4 is 44.8 Å². The summed E-state index contributed by atoms with van der Waals surface area (Å²) < 4.78 is 0.291. The van der Waals surface area contributed by atoms with Crippen LogP contribution in [0.3, 0.4) is 0 Å². The quantitative estimate of drug-likeness (QED) is 0.535. The number of hydrogen-bond acceptors (Lipinski definition) is 5. The van der Waals surface area contributed by atoms with Gasteiger partial charge in [0.25, 0.3) is 11.6 Å². The van der Waals surface area contributed by atoms with E-state index in [1.165, 1.54) is 24.3 Å². The van der Waals surface area contributed by atoms with Gasteiger partial charge in [0, 0.05) is 30.3 Å². The first-order valence-electron chi connectivity index (χ1n) is 8.81. The molecule has 1 aliphatic rings. The topological polar surface area (TPSA) is 119 Å². The molecule has 3 rings (SSSR count). The normalized spacial score (nSPS) is 13.8. The number of primary amides is 1. The first kappa shape index (κ1) is 19.8. The lowest BCUT2D eigenvalue weighted by Gasteiger charge is -2.30. The SMILES string of the molecule is NC(=O)c1ccc(N2CCCCC2)c(NC(=O)c2ccc(Br)c([N+](=O)[O-])c2)c1. The number of nitro groups is 1. The number of rotatable bonds is 5. The van der Waals surface area contributed by atoms with Crippen molar-refractivity contribution in [2.75, 3.05) is 23.3 Å². The number of nitrogens with one attached hydrogen (secondary N) is 1. The summed E-state index contributed by atoms with van der Waals surface area (Å²) in [7, 11) is 0. The number of halogens is 1. The van der Waals surface area contributed by atoms with Gasteiger partial charge in [-0.05, 0) is 65.5 Å². The summed E-state index contributed by atoms with van der Waals surface area (Å²) in [5.74, 6) is -1.10. The van der Waals surface area contributed by atoms with Crippen LogP contribution in [0.15, 0.2) is 40.9 Å². The van der Waals surface area contributed by atoms with Crippen molar-refractivity contribution in [1.29, 1.82) is 0 Å². The number of piperidine rings is 1. The maximum absolute atomic E-state index is 12.7. The van der Waals surface area contributed by atoms with E-state index < -0.39 is 16.7 Å². The van der Waals surface area contributed by atoms with Crippen molar-refractivity contribution in [3.05, 3.63) is 62.1 Å². The molecule has 1 heterocycles. The second kappa shape index (κ2) is 8.39. The fourth-order valence-electron chi connectivity index (χ4n) is 3.19. The number of nitrogens with two attached hydrogens (primary N) is 1. The van der Waals surface area contributed by atoms with Crippen molar-refractivity contribution in [2.24, 2.45) is 5.73 Å². The first-order chi connectivity index (χ1) is 13.4. The zero-order valence-corrected chi connectivity index (χ0v) is 16.6. The molecule has 8 nitrogen and oxygen atoms in total. The van der Waals surface area contributed by atoms with Crippen molar-refractivity contribution in [3.8, 4) is 0 Å². The van der Waals surface area contributed by atoms with Gasteiger partial charge in [0.15, 0.2) is 0 Å². The van der Waals surface area contributed by atoms with Gasteiger partial charge in [0.1, 0.15) is 0 Å². The number of nitro benzene ring substituents is 1. The summed E-state index contributed by atoms with van der Waals surface area (Å²) in [6.07, 6.45) is 3.24. The van der Waals surface area contributed by atoms with Gasteiger partial charge in [-0.2, -0.15) is 0 Å². The standard InChI is InChI=1S/C19H19BrN4O4/c20-14-6-4-13(11-17(14)24(27)28)19(26)22-15-10-12(18(21)25)5-7-16(15)23-8-2-1-3-9-23/h4-7,10-11H,1-3,8-9H2,(H2,21,25)(H,22,26). The van der Waals surface area contributed by atoms with E-state index in [0.717, 1.165) is 38.0 Å². The van der Waals surface area contributed by atoms with Crippen LogP contribution in [-0.4, -0.2) is 29.8 Å². The highest BCUT2D eigenvalue weighted by atomic mass is 79.9. The van der Waals surface area contributed by atoms with Crippen molar-refractivity contribution in [2.45, 2.75) is 19.3 Å². The molecular formula is C19H19BrN4O4. The maximum Gasteiger partial charge on any atom is 0.284 e. The Morgan fingerprint density at radius 2 is 1.75 bits per heavy atom. The van der Waals surface area contributed by atoms with Crippen LogP contribution in [0.2, 0.25) is 0 Å². The van der Waals surface area contributed by atoms with Crippen molar-refractivity contribution in [1.82, 2.24) is 0 Å². The summed E-state index contributed by atoms with van der Waals surface area (Å²) in [6.45, 7) is 1.70. The van der Waals surface area contributed by atoms with Gasteiger partial charge in [-0.25, -0.2) is 0 Å². The Morgan fingerprint density at radius 3 is 2.39 bits per heavy atom. The summed E-state index contributed by atoms with van der Waals surface area (Å²) >= 11 is 3.10. The summed E-state index contributed by atoms with van der Waals surface area (Å²) in [6, 6.07) is 9.09. The number of carbonyl (C=O) groups excluding carboxylic acids is 2. The minimum atomic E-state index is -0.597. The van der Waals surface area contributed by atoms with E-state index >= 15 is 0 Å². The second-order valence-electron chi connectivity index (χ2n) is 6.52. The molecule has 0 aromatic heterocycles. The molecule has 0 saturated carbocycles. The van der Waals surface area contributed by atoms with E-state index in [1.807, 2.05) is 0 Å². The van der Waals surface area contributed by atoms with E-state index in [9.17, 15) is 19.7 Å². The highest BCUT2D eigenvalue weighted by molar-refractivity contribution is 9.10. The van der Waals surface area contributed by atoms with Gasteiger partial charge >= 0.3 is 0 Å². The van der Waals surface area contributed by atoms with Crippen LogP contribution in [0.25, 0.3) is 0 Å². The molecule has 0 spiro atoms. The molecule has 1 aliphatic heterocycles. The predicted octanol–water partition coefficient (Wildman–Crippen LogP) is 3.70. The molecule has 146 valence electrons. The van der Waals surface area contributed by atoms with E-state index in [-0.39, 0.29) is 16.8 Å². The van der Waals surface area contributed by atoms with Crippen LogP contribution in [0.1, 0.15) is 40.0 Å². The van der Waals surface area contributed by atoms with Gasteiger partial charge < -0.3 is 16.0 Å². The first-order valence-corrected chi connectivity index (χ1v) is 9.60. The van der Waals surface area contributed by atoms with Gasteiger partial charge in [-0.3, -0.25) is 19.7 Å².